The molecular weight excluding hydrogens is 631 g/mol. The van der Waals surface area contributed by atoms with Crippen LogP contribution in [0.5, 0.6) is 17.4 Å². The molecule has 1 saturated heterocycles. The molecule has 2 aromatic heterocycles. The van der Waals surface area contributed by atoms with E-state index in [0.29, 0.717) is 39.3 Å². The van der Waals surface area contributed by atoms with E-state index >= 15 is 0 Å². The Kier molecular flexibility index (Phi) is 9.67. The number of rotatable bonds is 10. The number of thiophene rings is 1. The minimum atomic E-state index is -1.08. The first kappa shape index (κ1) is 31.7. The lowest BCUT2D eigenvalue weighted by molar-refractivity contribution is -0.151. The van der Waals surface area contributed by atoms with Crippen molar-refractivity contribution in [3.05, 3.63) is 89.0 Å². The molecule has 1 N–H and O–H groups in total. The fourth-order valence-corrected chi connectivity index (χ4v) is 6.79. The quantitative estimate of drug-likeness (QED) is 0.149. The van der Waals surface area contributed by atoms with Gasteiger partial charge in [0.2, 0.25) is 12.0 Å². The average molecular weight is 663 g/mol. The molecule has 0 saturated carbocycles. The fraction of sp³-hybridized carbons (Fsp3) is 0.286. The highest BCUT2D eigenvalue weighted by Crippen LogP contribution is 2.49. The van der Waals surface area contributed by atoms with Gasteiger partial charge in [-0.15, -0.1) is 11.3 Å². The first-order valence-electron chi connectivity index (χ1n) is 15.0. The van der Waals surface area contributed by atoms with E-state index in [4.69, 9.17) is 30.5 Å². The highest BCUT2D eigenvalue weighted by molar-refractivity contribution is 7.22. The van der Waals surface area contributed by atoms with Gasteiger partial charge in [-0.05, 0) is 73.2 Å². The van der Waals surface area contributed by atoms with Crippen LogP contribution in [-0.4, -0.2) is 46.7 Å². The summed E-state index contributed by atoms with van der Waals surface area (Å²) in [6.07, 6.45) is 2.86. The Balaban J connectivity index is 1.45. The van der Waals surface area contributed by atoms with E-state index < -0.39 is 12.1 Å². The van der Waals surface area contributed by atoms with Crippen LogP contribution in [0.2, 0.25) is 5.02 Å². The zero-order chi connectivity index (χ0) is 32.2. The maximum Gasteiger partial charge on any atom is 0.347 e. The van der Waals surface area contributed by atoms with Gasteiger partial charge in [0.05, 0.1) is 23.6 Å². The number of para-hydroxylation sites is 1. The first-order chi connectivity index (χ1) is 22.3. The molecule has 1 unspecified atom stereocenters. The van der Waals surface area contributed by atoms with E-state index in [1.807, 2.05) is 24.3 Å². The van der Waals surface area contributed by atoms with Crippen LogP contribution in [0.3, 0.4) is 0 Å². The molecule has 3 aromatic carbocycles. The molecule has 46 heavy (non-hydrogen) atoms. The van der Waals surface area contributed by atoms with Crippen LogP contribution in [0.4, 0.5) is 4.39 Å². The van der Waals surface area contributed by atoms with Crippen LogP contribution in [0.1, 0.15) is 37.3 Å². The number of phenolic OH excluding ortho intramolecular Hbond substituents is 1. The normalized spacial score (nSPS) is 15.4. The summed E-state index contributed by atoms with van der Waals surface area (Å²) < 4.78 is 37.8. The van der Waals surface area contributed by atoms with Crippen molar-refractivity contribution in [3.63, 3.8) is 0 Å². The number of esters is 1. The van der Waals surface area contributed by atoms with Crippen molar-refractivity contribution in [3.8, 4) is 38.9 Å². The van der Waals surface area contributed by atoms with E-state index in [1.54, 1.807) is 32.0 Å². The summed E-state index contributed by atoms with van der Waals surface area (Å²) in [5.74, 6) is -0.210. The van der Waals surface area contributed by atoms with E-state index in [9.17, 15) is 14.3 Å². The summed E-state index contributed by atoms with van der Waals surface area (Å²) in [7, 11) is 0. The minimum absolute atomic E-state index is 0.0552. The number of fused-ring (bicyclic) bond motifs is 1. The summed E-state index contributed by atoms with van der Waals surface area (Å²) in [6, 6.07) is 16.9. The molecule has 2 atom stereocenters. The van der Waals surface area contributed by atoms with Gasteiger partial charge in [-0.3, -0.25) is 0 Å². The zero-order valence-corrected chi connectivity index (χ0v) is 26.9. The second kappa shape index (κ2) is 14.0. The number of carbonyl (C=O) groups is 1. The maximum absolute atomic E-state index is 13.9. The van der Waals surface area contributed by atoms with Crippen molar-refractivity contribution in [2.75, 3.05) is 13.2 Å². The number of benzene rings is 3. The van der Waals surface area contributed by atoms with Gasteiger partial charge in [-0.25, -0.2) is 19.2 Å². The van der Waals surface area contributed by atoms with Crippen molar-refractivity contribution in [1.29, 1.82) is 0 Å². The summed E-state index contributed by atoms with van der Waals surface area (Å²) >= 11 is 7.88. The third kappa shape index (κ3) is 6.65. The lowest BCUT2D eigenvalue weighted by atomic mass is 9.96. The van der Waals surface area contributed by atoms with Crippen LogP contribution in [0.15, 0.2) is 67.0 Å². The van der Waals surface area contributed by atoms with E-state index in [0.717, 1.165) is 35.3 Å². The van der Waals surface area contributed by atoms with Crippen LogP contribution in [-0.2, 0) is 20.7 Å². The molecule has 8 nitrogen and oxygen atoms in total. The maximum atomic E-state index is 13.9. The highest BCUT2D eigenvalue weighted by atomic mass is 35.5. The molecule has 1 fully saturated rings. The van der Waals surface area contributed by atoms with Crippen LogP contribution in [0.25, 0.3) is 31.8 Å². The summed E-state index contributed by atoms with van der Waals surface area (Å²) in [5.41, 5.74) is 3.50. The Bertz CT molecular complexity index is 1860. The van der Waals surface area contributed by atoms with Crippen LogP contribution in [0, 0.1) is 12.7 Å². The average Bonchev–Trinajstić information content (AvgIpc) is 3.45. The van der Waals surface area contributed by atoms with Crippen molar-refractivity contribution < 1.29 is 33.2 Å². The van der Waals surface area contributed by atoms with Gasteiger partial charge < -0.3 is 24.1 Å². The molecule has 0 bridgehead atoms. The Morgan fingerprint density at radius 3 is 2.70 bits per heavy atom. The zero-order valence-electron chi connectivity index (χ0n) is 25.3. The van der Waals surface area contributed by atoms with Gasteiger partial charge in [0, 0.05) is 23.3 Å². The Labute approximate surface area is 274 Å². The third-order valence-corrected chi connectivity index (χ3v) is 9.40. The number of phenols is 1. The number of halogens is 2. The molecule has 0 radical (unpaired) electrons. The number of hydrogen-bond donors (Lipinski definition) is 1. The van der Waals surface area contributed by atoms with Gasteiger partial charge in [-0.2, -0.15) is 0 Å². The van der Waals surface area contributed by atoms with Gasteiger partial charge in [0.1, 0.15) is 28.5 Å². The molecule has 1 aliphatic rings. The lowest BCUT2D eigenvalue weighted by Crippen LogP contribution is -2.32. The number of aromatic hydroxyl groups is 1. The Morgan fingerprint density at radius 1 is 1.13 bits per heavy atom. The summed E-state index contributed by atoms with van der Waals surface area (Å²) in [4.78, 5) is 23.8. The standard InChI is InChI=1S/C35H32ClFN2O6S/c1-3-42-35(41)27(18-22-8-4-5-9-26(22)44-28-10-6-7-17-43-28)45-33-30-29(24-15-16-25(40)31(36)20(24)2)32(46-34(30)39-19-38-33)21-11-13-23(37)14-12-21/h4-5,8-9,11-16,19,27-28,40H,3,6-7,10,17-18H2,1-2H3/t27-,28?/m0/s1. The number of hydrogen-bond acceptors (Lipinski definition) is 9. The third-order valence-electron chi connectivity index (χ3n) is 7.77. The molecule has 0 spiro atoms. The molecule has 0 amide bonds. The van der Waals surface area contributed by atoms with Gasteiger partial charge in [0.25, 0.3) is 0 Å². The second-order valence-electron chi connectivity index (χ2n) is 10.8. The SMILES string of the molecule is CCOC(=O)[C@H](Cc1ccccc1OC1CCCCO1)Oc1ncnc2sc(-c3ccc(F)cc3)c(-c3ccc(O)c(Cl)c3C)c12. The molecule has 0 aliphatic carbocycles. The number of nitrogens with zero attached hydrogens (tertiary/aromatic N) is 2. The van der Waals surface area contributed by atoms with Crippen LogP contribution >= 0.6 is 22.9 Å². The first-order valence-corrected chi connectivity index (χ1v) is 16.2. The molecule has 1 aliphatic heterocycles. The predicted molar refractivity (Wildman–Crippen MR) is 175 cm³/mol. The van der Waals surface area contributed by atoms with Crippen molar-refractivity contribution >= 4 is 39.1 Å². The largest absolute Gasteiger partial charge is 0.506 e. The molecule has 238 valence electrons. The van der Waals surface area contributed by atoms with E-state index in [2.05, 4.69) is 9.97 Å². The smallest absolute Gasteiger partial charge is 0.347 e. The van der Waals surface area contributed by atoms with E-state index in [1.165, 1.54) is 35.9 Å². The van der Waals surface area contributed by atoms with Gasteiger partial charge >= 0.3 is 5.97 Å². The molecular formula is C35H32ClFN2O6S. The van der Waals surface area contributed by atoms with Crippen molar-refractivity contribution in [2.45, 2.75) is 51.9 Å². The molecule has 6 rings (SSSR count). The number of ether oxygens (including phenoxy) is 4. The fourth-order valence-electron chi connectivity index (χ4n) is 5.48. The Hall–Kier alpha value is -4.25. The van der Waals surface area contributed by atoms with Gasteiger partial charge in [-0.1, -0.05) is 48.0 Å². The van der Waals surface area contributed by atoms with Crippen LogP contribution < -0.4 is 9.47 Å². The summed E-state index contributed by atoms with van der Waals surface area (Å²) in [5, 5.41) is 11.1. The predicted octanol–water partition coefficient (Wildman–Crippen LogP) is 8.29. The number of aromatic nitrogens is 2. The van der Waals surface area contributed by atoms with Crippen molar-refractivity contribution in [1.82, 2.24) is 9.97 Å². The van der Waals surface area contributed by atoms with E-state index in [-0.39, 0.29) is 41.8 Å². The summed E-state index contributed by atoms with van der Waals surface area (Å²) in [6.45, 7) is 4.34. The monoisotopic (exact) mass is 662 g/mol. The van der Waals surface area contributed by atoms with Crippen molar-refractivity contribution in [2.24, 2.45) is 0 Å². The molecule has 5 aromatic rings. The van der Waals surface area contributed by atoms with Gasteiger partial charge in [0.15, 0.2) is 6.29 Å². The number of carbonyl (C=O) groups excluding carboxylic acids is 1. The lowest BCUT2D eigenvalue weighted by Gasteiger charge is -2.25. The highest BCUT2D eigenvalue weighted by Gasteiger charge is 2.29. The second-order valence-corrected chi connectivity index (χ2v) is 12.2. The minimum Gasteiger partial charge on any atom is -0.506 e. The molecule has 3 heterocycles. The molecule has 11 heteroatoms. The topological polar surface area (TPSA) is 100 Å². The Morgan fingerprint density at radius 2 is 1.93 bits per heavy atom.